The van der Waals surface area contributed by atoms with Gasteiger partial charge < -0.3 is 9.53 Å². The van der Waals surface area contributed by atoms with Gasteiger partial charge in [-0.2, -0.15) is 0 Å². The van der Waals surface area contributed by atoms with Crippen LogP contribution in [0.15, 0.2) is 12.1 Å². The summed E-state index contributed by atoms with van der Waals surface area (Å²) in [5, 5.41) is 0.307. The molecule has 0 bridgehead atoms. The molecule has 14 heavy (non-hydrogen) atoms. The maximum atomic E-state index is 10.8. The molecule has 0 aliphatic carbocycles. The minimum atomic E-state index is -0.615. The summed E-state index contributed by atoms with van der Waals surface area (Å²) in [5.41, 5.74) is 0.0889. The summed E-state index contributed by atoms with van der Waals surface area (Å²) >= 11 is 5.92. The second kappa shape index (κ2) is 3.96. The number of carbonyl (C=O) groups excluding carboxylic acids is 1. The van der Waals surface area contributed by atoms with E-state index in [-0.39, 0.29) is 0 Å². The number of pyridine rings is 1. The van der Waals surface area contributed by atoms with E-state index in [0.29, 0.717) is 16.6 Å². The number of methoxy groups -OCH3 is 1. The zero-order valence-corrected chi connectivity index (χ0v) is 9.13. The number of aromatic nitrogens is 1. The van der Waals surface area contributed by atoms with E-state index >= 15 is 0 Å². The van der Waals surface area contributed by atoms with Crippen molar-refractivity contribution in [1.29, 1.82) is 0 Å². The predicted octanol–water partition coefficient (Wildman–Crippen LogP) is 2.22. The lowest BCUT2D eigenvalue weighted by Gasteiger charge is -2.18. The summed E-state index contributed by atoms with van der Waals surface area (Å²) in [7, 11) is 1.52. The SMILES string of the molecule is COc1ccc(C(C)(C)C=O)c(Cl)n1. The number of nitrogens with zero attached hydrogens (tertiary/aromatic N) is 1. The molecular weight excluding hydrogens is 202 g/mol. The lowest BCUT2D eigenvalue weighted by Crippen LogP contribution is -2.19. The van der Waals surface area contributed by atoms with Crippen LogP contribution in [0.25, 0.3) is 0 Å². The third-order valence-corrected chi connectivity index (χ3v) is 2.31. The molecule has 4 heteroatoms. The van der Waals surface area contributed by atoms with Crippen LogP contribution in [0.4, 0.5) is 0 Å². The molecule has 0 N–H and O–H groups in total. The smallest absolute Gasteiger partial charge is 0.214 e. The fourth-order valence-electron chi connectivity index (χ4n) is 1.08. The van der Waals surface area contributed by atoms with Crippen molar-refractivity contribution < 1.29 is 9.53 Å². The first-order chi connectivity index (χ1) is 6.51. The maximum Gasteiger partial charge on any atom is 0.214 e. The Balaban J connectivity index is 3.18. The van der Waals surface area contributed by atoms with Crippen LogP contribution in [-0.4, -0.2) is 18.4 Å². The first-order valence-electron chi connectivity index (χ1n) is 4.18. The molecule has 0 spiro atoms. The third kappa shape index (κ3) is 2.04. The number of carbonyl (C=O) groups is 1. The third-order valence-electron chi connectivity index (χ3n) is 2.02. The highest BCUT2D eigenvalue weighted by Gasteiger charge is 2.23. The van der Waals surface area contributed by atoms with Crippen LogP contribution in [0.3, 0.4) is 0 Å². The van der Waals surface area contributed by atoms with Crippen LogP contribution in [0.5, 0.6) is 5.88 Å². The predicted molar refractivity (Wildman–Crippen MR) is 54.9 cm³/mol. The Hall–Kier alpha value is -1.09. The number of rotatable bonds is 3. The molecule has 0 aliphatic heterocycles. The summed E-state index contributed by atoms with van der Waals surface area (Å²) in [6.45, 7) is 3.57. The van der Waals surface area contributed by atoms with Crippen molar-refractivity contribution in [3.8, 4) is 5.88 Å². The van der Waals surface area contributed by atoms with Gasteiger partial charge >= 0.3 is 0 Å². The van der Waals surface area contributed by atoms with Gasteiger partial charge in [0, 0.05) is 17.0 Å². The van der Waals surface area contributed by atoms with E-state index < -0.39 is 5.41 Å². The molecule has 1 rings (SSSR count). The highest BCUT2D eigenvalue weighted by Crippen LogP contribution is 2.28. The molecule has 0 atom stereocenters. The second-order valence-electron chi connectivity index (χ2n) is 3.53. The van der Waals surface area contributed by atoms with E-state index in [9.17, 15) is 4.79 Å². The van der Waals surface area contributed by atoms with E-state index in [1.807, 2.05) is 0 Å². The van der Waals surface area contributed by atoms with Crippen molar-refractivity contribution in [2.24, 2.45) is 0 Å². The first-order valence-corrected chi connectivity index (χ1v) is 4.56. The fourth-order valence-corrected chi connectivity index (χ4v) is 1.47. The summed E-state index contributed by atoms with van der Waals surface area (Å²) in [6.07, 6.45) is 0.850. The molecular formula is C10H12ClNO2. The number of hydrogen-bond donors (Lipinski definition) is 0. The van der Waals surface area contributed by atoms with Crippen molar-refractivity contribution >= 4 is 17.9 Å². The Morgan fingerprint density at radius 1 is 1.50 bits per heavy atom. The molecule has 0 saturated heterocycles. The molecule has 0 fully saturated rings. The van der Waals surface area contributed by atoms with Crippen LogP contribution in [0.2, 0.25) is 5.15 Å². The lowest BCUT2D eigenvalue weighted by molar-refractivity contribution is -0.111. The van der Waals surface area contributed by atoms with E-state index in [1.54, 1.807) is 26.0 Å². The molecule has 1 aromatic rings. The zero-order chi connectivity index (χ0) is 10.8. The highest BCUT2D eigenvalue weighted by molar-refractivity contribution is 6.30. The Morgan fingerprint density at radius 2 is 2.14 bits per heavy atom. The first kappa shape index (κ1) is 11.0. The minimum Gasteiger partial charge on any atom is -0.481 e. The van der Waals surface area contributed by atoms with Crippen LogP contribution in [0.1, 0.15) is 19.4 Å². The van der Waals surface area contributed by atoms with Crippen LogP contribution >= 0.6 is 11.6 Å². The van der Waals surface area contributed by atoms with Crippen molar-refractivity contribution in [2.75, 3.05) is 7.11 Å². The van der Waals surface area contributed by atoms with Gasteiger partial charge in [-0.05, 0) is 19.9 Å². The van der Waals surface area contributed by atoms with Gasteiger partial charge in [-0.3, -0.25) is 0 Å². The average Bonchev–Trinajstić information content (AvgIpc) is 2.17. The topological polar surface area (TPSA) is 39.2 Å². The monoisotopic (exact) mass is 213 g/mol. The minimum absolute atomic E-state index is 0.307. The molecule has 0 unspecified atom stereocenters. The Kier molecular flexibility index (Phi) is 3.11. The zero-order valence-electron chi connectivity index (χ0n) is 8.37. The van der Waals surface area contributed by atoms with Gasteiger partial charge in [0.2, 0.25) is 5.88 Å². The van der Waals surface area contributed by atoms with E-state index in [0.717, 1.165) is 6.29 Å². The van der Waals surface area contributed by atoms with Gasteiger partial charge in [0.25, 0.3) is 0 Å². The van der Waals surface area contributed by atoms with Gasteiger partial charge in [-0.15, -0.1) is 0 Å². The molecule has 0 saturated carbocycles. The maximum absolute atomic E-state index is 10.8. The number of ether oxygens (including phenoxy) is 1. The largest absolute Gasteiger partial charge is 0.481 e. The summed E-state index contributed by atoms with van der Waals surface area (Å²) in [6, 6.07) is 3.44. The lowest BCUT2D eigenvalue weighted by atomic mass is 9.87. The summed E-state index contributed by atoms with van der Waals surface area (Å²) < 4.78 is 4.91. The summed E-state index contributed by atoms with van der Waals surface area (Å²) in [5.74, 6) is 0.445. The van der Waals surface area contributed by atoms with Crippen molar-refractivity contribution in [3.05, 3.63) is 22.8 Å². The van der Waals surface area contributed by atoms with Crippen molar-refractivity contribution in [2.45, 2.75) is 19.3 Å². The Bertz CT molecular complexity index is 350. The van der Waals surface area contributed by atoms with Gasteiger partial charge in [-0.1, -0.05) is 11.6 Å². The van der Waals surface area contributed by atoms with Crippen molar-refractivity contribution in [3.63, 3.8) is 0 Å². The standard InChI is InChI=1S/C10H12ClNO2/c1-10(2,6-13)7-4-5-8(14-3)12-9(7)11/h4-6H,1-3H3. The van der Waals surface area contributed by atoms with Gasteiger partial charge in [0.1, 0.15) is 11.4 Å². The molecule has 0 aromatic carbocycles. The number of halogens is 1. The molecule has 3 nitrogen and oxygen atoms in total. The summed E-state index contributed by atoms with van der Waals surface area (Å²) in [4.78, 5) is 14.8. The highest BCUT2D eigenvalue weighted by atomic mass is 35.5. The Labute approximate surface area is 88.1 Å². The molecule has 76 valence electrons. The van der Waals surface area contributed by atoms with Crippen LogP contribution in [0, 0.1) is 0 Å². The Morgan fingerprint density at radius 3 is 2.57 bits per heavy atom. The fraction of sp³-hybridized carbons (Fsp3) is 0.400. The average molecular weight is 214 g/mol. The van der Waals surface area contributed by atoms with E-state index in [2.05, 4.69) is 4.98 Å². The number of hydrogen-bond acceptors (Lipinski definition) is 3. The van der Waals surface area contributed by atoms with Crippen LogP contribution in [-0.2, 0) is 10.2 Å². The second-order valence-corrected chi connectivity index (χ2v) is 3.89. The molecule has 0 amide bonds. The normalized spacial score (nSPS) is 11.1. The molecule has 0 aliphatic rings. The van der Waals surface area contributed by atoms with Crippen molar-refractivity contribution in [1.82, 2.24) is 4.98 Å². The van der Waals surface area contributed by atoms with Gasteiger partial charge in [-0.25, -0.2) is 4.98 Å². The van der Waals surface area contributed by atoms with E-state index in [4.69, 9.17) is 16.3 Å². The number of aldehydes is 1. The molecule has 0 radical (unpaired) electrons. The van der Waals surface area contributed by atoms with Gasteiger partial charge in [0.15, 0.2) is 0 Å². The van der Waals surface area contributed by atoms with Crippen LogP contribution < -0.4 is 4.74 Å². The molecule has 1 heterocycles. The van der Waals surface area contributed by atoms with Gasteiger partial charge in [0.05, 0.1) is 7.11 Å². The van der Waals surface area contributed by atoms with E-state index in [1.165, 1.54) is 7.11 Å². The molecule has 1 aromatic heterocycles. The quantitative estimate of drug-likeness (QED) is 0.571.